The molecule has 1 rings (SSSR count). The monoisotopic (exact) mass is 277 g/mol. The number of halogens is 3. The number of amidine groups is 1. The first-order valence-electron chi connectivity index (χ1n) is 5.50. The van der Waals surface area contributed by atoms with Crippen LogP contribution in [0, 0.1) is 0 Å². The predicted molar refractivity (Wildman–Crippen MR) is 63.1 cm³/mol. The summed E-state index contributed by atoms with van der Waals surface area (Å²) in [5.74, 6) is -0.370. The molecule has 0 radical (unpaired) electrons. The molecule has 3 N–H and O–H groups in total. The highest BCUT2D eigenvalue weighted by Gasteiger charge is 2.32. The Bertz CT molecular complexity index is 449. The van der Waals surface area contributed by atoms with Crippen molar-refractivity contribution in [3.05, 3.63) is 17.8 Å². The van der Waals surface area contributed by atoms with Crippen molar-refractivity contribution in [3.8, 4) is 0 Å². The summed E-state index contributed by atoms with van der Waals surface area (Å²) in [4.78, 5) is 1.00. The summed E-state index contributed by atoms with van der Waals surface area (Å²) in [6.07, 6.45) is -2.63. The van der Waals surface area contributed by atoms with Crippen LogP contribution in [0.4, 0.5) is 19.0 Å². The van der Waals surface area contributed by atoms with E-state index in [1.807, 2.05) is 0 Å². The summed E-state index contributed by atoms with van der Waals surface area (Å²) in [5, 5.41) is 18.6. The lowest BCUT2D eigenvalue weighted by Gasteiger charge is -2.25. The first-order chi connectivity index (χ1) is 8.89. The molecule has 1 aromatic heterocycles. The lowest BCUT2D eigenvalue weighted by atomic mass is 10.2. The number of hydrogen-bond donors (Lipinski definition) is 2. The van der Waals surface area contributed by atoms with Gasteiger partial charge in [0.05, 0.1) is 11.8 Å². The van der Waals surface area contributed by atoms with Crippen LogP contribution in [-0.4, -0.2) is 40.5 Å². The van der Waals surface area contributed by atoms with Gasteiger partial charge in [-0.1, -0.05) is 12.1 Å². The van der Waals surface area contributed by atoms with Crippen LogP contribution in [0.15, 0.2) is 17.4 Å². The number of oxime groups is 1. The van der Waals surface area contributed by atoms with Crippen LogP contribution in [0.1, 0.15) is 18.9 Å². The Labute approximate surface area is 107 Å². The first kappa shape index (κ1) is 15.0. The van der Waals surface area contributed by atoms with Gasteiger partial charge in [0.15, 0.2) is 11.7 Å². The maximum Gasteiger partial charge on any atom is 0.405 e. The Morgan fingerprint density at radius 2 is 2.21 bits per heavy atom. The van der Waals surface area contributed by atoms with E-state index in [9.17, 15) is 13.2 Å². The van der Waals surface area contributed by atoms with Gasteiger partial charge in [-0.25, -0.2) is 0 Å². The predicted octanol–water partition coefficient (Wildman–Crippen LogP) is 1.35. The largest absolute Gasteiger partial charge is 0.409 e. The van der Waals surface area contributed by atoms with E-state index in [0.29, 0.717) is 6.42 Å². The van der Waals surface area contributed by atoms with Gasteiger partial charge in [0.2, 0.25) is 0 Å². The number of hydrogen-bond acceptors (Lipinski definition) is 5. The van der Waals surface area contributed by atoms with E-state index in [2.05, 4.69) is 15.4 Å². The second-order valence-electron chi connectivity index (χ2n) is 3.79. The van der Waals surface area contributed by atoms with E-state index in [1.54, 1.807) is 6.92 Å². The van der Waals surface area contributed by atoms with E-state index in [4.69, 9.17) is 10.9 Å². The van der Waals surface area contributed by atoms with Gasteiger partial charge < -0.3 is 15.8 Å². The average molecular weight is 277 g/mol. The molecule has 0 aliphatic heterocycles. The Morgan fingerprint density at radius 3 is 2.74 bits per heavy atom. The van der Waals surface area contributed by atoms with Crippen LogP contribution < -0.4 is 10.6 Å². The molecule has 0 aliphatic rings. The maximum atomic E-state index is 12.5. The Morgan fingerprint density at radius 1 is 1.53 bits per heavy atom. The van der Waals surface area contributed by atoms with E-state index in [-0.39, 0.29) is 23.8 Å². The van der Waals surface area contributed by atoms with Crippen LogP contribution in [0.3, 0.4) is 0 Å². The molecule has 0 saturated carbocycles. The highest BCUT2D eigenvalue weighted by atomic mass is 19.4. The van der Waals surface area contributed by atoms with Crippen LogP contribution in [0.25, 0.3) is 0 Å². The Kier molecular flexibility index (Phi) is 4.90. The number of aromatic nitrogens is 2. The Balaban J connectivity index is 3.15. The van der Waals surface area contributed by atoms with Gasteiger partial charge in [0, 0.05) is 6.54 Å². The van der Waals surface area contributed by atoms with Gasteiger partial charge in [0.1, 0.15) is 6.54 Å². The molecule has 0 unspecified atom stereocenters. The van der Waals surface area contributed by atoms with Crippen molar-refractivity contribution in [2.45, 2.75) is 19.5 Å². The molecule has 19 heavy (non-hydrogen) atoms. The van der Waals surface area contributed by atoms with E-state index in [1.165, 1.54) is 12.3 Å². The van der Waals surface area contributed by atoms with Crippen LogP contribution >= 0.6 is 0 Å². The van der Waals surface area contributed by atoms with Gasteiger partial charge in [0.25, 0.3) is 0 Å². The second kappa shape index (κ2) is 6.21. The zero-order chi connectivity index (χ0) is 14.5. The smallest absolute Gasteiger partial charge is 0.405 e. The fourth-order valence-corrected chi connectivity index (χ4v) is 1.56. The fraction of sp³-hybridized carbons (Fsp3) is 0.500. The zero-order valence-corrected chi connectivity index (χ0v) is 10.2. The number of anilines is 1. The minimum Gasteiger partial charge on any atom is -0.409 e. The SMILES string of the molecule is CCCN(CC(F)(F)F)c1nnccc1/C(N)=N/O. The second-order valence-corrected chi connectivity index (χ2v) is 3.79. The fourth-order valence-electron chi connectivity index (χ4n) is 1.56. The molecule has 0 saturated heterocycles. The molecular weight excluding hydrogens is 263 g/mol. The van der Waals surface area contributed by atoms with Crippen molar-refractivity contribution < 1.29 is 18.4 Å². The van der Waals surface area contributed by atoms with Crippen LogP contribution in [-0.2, 0) is 0 Å². The molecule has 106 valence electrons. The topological polar surface area (TPSA) is 87.6 Å². The molecule has 9 heteroatoms. The standard InChI is InChI=1S/C10H14F3N5O/c1-2-5-18(6-10(11,12)13)9-7(8(14)17-19)3-4-15-16-9/h3-4,19H,2,5-6H2,1H3,(H2,14,17). The summed E-state index contributed by atoms with van der Waals surface area (Å²) in [6, 6.07) is 1.34. The van der Waals surface area contributed by atoms with Crippen molar-refractivity contribution >= 4 is 11.7 Å². The zero-order valence-electron chi connectivity index (χ0n) is 10.2. The van der Waals surface area contributed by atoms with Crippen LogP contribution in [0.5, 0.6) is 0 Å². The van der Waals surface area contributed by atoms with Gasteiger partial charge in [-0.05, 0) is 12.5 Å². The molecule has 0 aromatic carbocycles. The number of nitrogens with two attached hydrogens (primary N) is 1. The third-order valence-electron chi connectivity index (χ3n) is 2.25. The highest BCUT2D eigenvalue weighted by molar-refractivity contribution is 6.01. The summed E-state index contributed by atoms with van der Waals surface area (Å²) in [5.41, 5.74) is 5.52. The molecule has 1 aromatic rings. The van der Waals surface area contributed by atoms with Crippen molar-refractivity contribution in [3.63, 3.8) is 0 Å². The van der Waals surface area contributed by atoms with Crippen molar-refractivity contribution in [2.24, 2.45) is 10.9 Å². The van der Waals surface area contributed by atoms with Crippen molar-refractivity contribution in [2.75, 3.05) is 18.0 Å². The normalized spacial score (nSPS) is 12.5. The minimum atomic E-state index is -4.38. The van der Waals surface area contributed by atoms with E-state index in [0.717, 1.165) is 4.90 Å². The third kappa shape index (κ3) is 4.27. The summed E-state index contributed by atoms with van der Waals surface area (Å²) < 4.78 is 37.6. The molecular formula is C10H14F3N5O. The number of nitrogens with zero attached hydrogens (tertiary/aromatic N) is 4. The van der Waals surface area contributed by atoms with Crippen molar-refractivity contribution in [1.29, 1.82) is 0 Å². The molecule has 1 heterocycles. The average Bonchev–Trinajstić information content (AvgIpc) is 2.36. The third-order valence-corrected chi connectivity index (χ3v) is 2.25. The molecule has 0 atom stereocenters. The van der Waals surface area contributed by atoms with E-state index >= 15 is 0 Å². The molecule has 0 aliphatic carbocycles. The van der Waals surface area contributed by atoms with Gasteiger partial charge in [-0.2, -0.15) is 18.3 Å². The summed E-state index contributed by atoms with van der Waals surface area (Å²) in [6.45, 7) is 0.693. The molecule has 6 nitrogen and oxygen atoms in total. The minimum absolute atomic E-state index is 0.0584. The number of alkyl halides is 3. The van der Waals surface area contributed by atoms with E-state index < -0.39 is 12.7 Å². The molecule has 0 amide bonds. The lowest BCUT2D eigenvalue weighted by Crippen LogP contribution is -2.37. The summed E-state index contributed by atoms with van der Waals surface area (Å²) >= 11 is 0. The molecule has 0 bridgehead atoms. The Hall–Kier alpha value is -2.06. The quantitative estimate of drug-likeness (QED) is 0.367. The maximum absolute atomic E-state index is 12.5. The molecule has 0 spiro atoms. The van der Waals surface area contributed by atoms with Gasteiger partial charge in [-0.15, -0.1) is 5.10 Å². The van der Waals surface area contributed by atoms with Crippen molar-refractivity contribution in [1.82, 2.24) is 10.2 Å². The molecule has 0 fully saturated rings. The number of rotatable bonds is 5. The van der Waals surface area contributed by atoms with Gasteiger partial charge in [-0.3, -0.25) is 0 Å². The van der Waals surface area contributed by atoms with Gasteiger partial charge >= 0.3 is 6.18 Å². The first-order valence-corrected chi connectivity index (χ1v) is 5.50. The lowest BCUT2D eigenvalue weighted by molar-refractivity contribution is -0.119. The highest BCUT2D eigenvalue weighted by Crippen LogP contribution is 2.23. The van der Waals surface area contributed by atoms with Crippen LogP contribution in [0.2, 0.25) is 0 Å². The summed E-state index contributed by atoms with van der Waals surface area (Å²) in [7, 11) is 0.